The number of hydrogen-bond acceptors (Lipinski definition) is 3. The molecule has 0 aliphatic heterocycles. The van der Waals surface area contributed by atoms with Gasteiger partial charge in [-0.1, -0.05) is 24.1 Å². The maximum atomic E-state index is 12.0. The van der Waals surface area contributed by atoms with Gasteiger partial charge >= 0.3 is 0 Å². The largest absolute Gasteiger partial charge is 0.338 e. The van der Waals surface area contributed by atoms with Crippen LogP contribution in [0.15, 0.2) is 30.5 Å². The number of halogens is 1. The van der Waals surface area contributed by atoms with Crippen LogP contribution < -0.4 is 4.72 Å². The molecule has 0 spiro atoms. The summed E-state index contributed by atoms with van der Waals surface area (Å²) in [5.74, 6) is -0.301. The average molecular weight is 341 g/mol. The van der Waals surface area contributed by atoms with Gasteiger partial charge in [-0.25, -0.2) is 8.42 Å². The summed E-state index contributed by atoms with van der Waals surface area (Å²) in [6, 6.07) is 7.26. The van der Waals surface area contributed by atoms with Gasteiger partial charge in [0.05, 0.1) is 5.75 Å². The van der Waals surface area contributed by atoms with E-state index >= 15 is 0 Å². The number of hydrogen-bond donors (Lipinski definition) is 1. The fourth-order valence-corrected chi connectivity index (χ4v) is 4.28. The number of benzene rings is 1. The van der Waals surface area contributed by atoms with Crippen molar-refractivity contribution < 1.29 is 13.2 Å². The van der Waals surface area contributed by atoms with E-state index in [2.05, 4.69) is 4.72 Å². The van der Waals surface area contributed by atoms with Gasteiger partial charge < -0.3 is 4.57 Å². The highest BCUT2D eigenvalue weighted by Crippen LogP contribution is 2.27. The Balaban J connectivity index is 1.69. The molecule has 5 nitrogen and oxygen atoms in total. The van der Waals surface area contributed by atoms with E-state index in [1.807, 2.05) is 12.1 Å². The van der Waals surface area contributed by atoms with Crippen LogP contribution >= 0.6 is 11.6 Å². The van der Waals surface area contributed by atoms with Crippen LogP contribution in [0.3, 0.4) is 0 Å². The maximum absolute atomic E-state index is 12.0. The molecular weight excluding hydrogens is 324 g/mol. The van der Waals surface area contributed by atoms with Gasteiger partial charge in [0.2, 0.25) is 10.0 Å². The van der Waals surface area contributed by atoms with Crippen molar-refractivity contribution >= 4 is 38.4 Å². The predicted molar refractivity (Wildman–Crippen MR) is 86.2 cm³/mol. The van der Waals surface area contributed by atoms with Gasteiger partial charge in [0.1, 0.15) is 6.54 Å². The van der Waals surface area contributed by atoms with Gasteiger partial charge in [0, 0.05) is 16.7 Å². The van der Waals surface area contributed by atoms with Crippen molar-refractivity contribution in [2.75, 3.05) is 5.75 Å². The number of rotatable bonds is 5. The Bertz CT molecular complexity index is 809. The molecule has 1 aliphatic rings. The zero-order valence-corrected chi connectivity index (χ0v) is 13.5. The standard InChI is InChI=1S/C15H17ClN2O3S/c16-13-5-4-12-6-7-18(14(12)8-13)9-15(19)17-22(20,21)10-11-2-1-3-11/h4-8,11H,1-3,9-10H2,(H,17,19). The lowest BCUT2D eigenvalue weighted by Gasteiger charge is -2.24. The Hall–Kier alpha value is -1.53. The molecule has 0 radical (unpaired) electrons. The summed E-state index contributed by atoms with van der Waals surface area (Å²) in [6.07, 6.45) is 4.68. The first kappa shape index (κ1) is 15.4. The molecule has 0 saturated heterocycles. The quantitative estimate of drug-likeness (QED) is 0.909. The number of nitrogens with one attached hydrogen (secondary N) is 1. The first-order valence-corrected chi connectivity index (χ1v) is 9.24. The van der Waals surface area contributed by atoms with Crippen molar-refractivity contribution in [2.45, 2.75) is 25.8 Å². The molecule has 0 unspecified atom stereocenters. The van der Waals surface area contributed by atoms with Crippen molar-refractivity contribution in [3.8, 4) is 0 Å². The van der Waals surface area contributed by atoms with E-state index in [9.17, 15) is 13.2 Å². The molecule has 1 aromatic carbocycles. The van der Waals surface area contributed by atoms with E-state index in [0.717, 1.165) is 30.2 Å². The zero-order chi connectivity index (χ0) is 15.7. The molecule has 2 aromatic rings. The highest BCUT2D eigenvalue weighted by Gasteiger charge is 2.25. The van der Waals surface area contributed by atoms with Gasteiger partial charge in [-0.05, 0) is 42.3 Å². The number of amides is 1. The Morgan fingerprint density at radius 2 is 2.09 bits per heavy atom. The predicted octanol–water partition coefficient (Wildman–Crippen LogP) is 2.54. The second-order valence-electron chi connectivity index (χ2n) is 5.75. The smallest absolute Gasteiger partial charge is 0.253 e. The Morgan fingerprint density at radius 1 is 1.32 bits per heavy atom. The third-order valence-corrected chi connectivity index (χ3v) is 5.68. The molecular formula is C15H17ClN2O3S. The molecule has 0 bridgehead atoms. The number of sulfonamides is 1. The summed E-state index contributed by atoms with van der Waals surface area (Å²) in [7, 11) is -3.54. The van der Waals surface area contributed by atoms with Crippen molar-refractivity contribution in [3.05, 3.63) is 35.5 Å². The summed E-state index contributed by atoms with van der Waals surface area (Å²) < 4.78 is 27.7. The number of carbonyl (C=O) groups excluding carboxylic acids is 1. The third-order valence-electron chi connectivity index (χ3n) is 4.00. The van der Waals surface area contributed by atoms with E-state index in [1.165, 1.54) is 0 Å². The first-order chi connectivity index (χ1) is 10.4. The number of aromatic nitrogens is 1. The SMILES string of the molecule is O=C(Cn1ccc2ccc(Cl)cc21)NS(=O)(=O)CC1CCC1. The molecule has 1 N–H and O–H groups in total. The van der Waals surface area contributed by atoms with Gasteiger partial charge in [-0.3, -0.25) is 9.52 Å². The minimum absolute atomic E-state index is 0.0387. The van der Waals surface area contributed by atoms with E-state index in [1.54, 1.807) is 22.9 Å². The topological polar surface area (TPSA) is 68.2 Å². The van der Waals surface area contributed by atoms with Crippen molar-refractivity contribution in [1.29, 1.82) is 0 Å². The molecule has 7 heteroatoms. The summed E-state index contributed by atoms with van der Waals surface area (Å²) >= 11 is 5.96. The maximum Gasteiger partial charge on any atom is 0.253 e. The van der Waals surface area contributed by atoms with Gasteiger partial charge in [0.25, 0.3) is 5.91 Å². The molecule has 1 amide bonds. The number of carbonyl (C=O) groups is 1. The van der Waals surface area contributed by atoms with E-state index in [0.29, 0.717) is 5.02 Å². The normalized spacial score (nSPS) is 15.7. The van der Waals surface area contributed by atoms with Gasteiger partial charge in [0.15, 0.2) is 0 Å². The lowest BCUT2D eigenvalue weighted by atomic mass is 9.87. The average Bonchev–Trinajstić information content (AvgIpc) is 2.76. The highest BCUT2D eigenvalue weighted by atomic mass is 35.5. The first-order valence-electron chi connectivity index (χ1n) is 7.21. The van der Waals surface area contributed by atoms with Crippen molar-refractivity contribution in [1.82, 2.24) is 9.29 Å². The molecule has 1 fully saturated rings. The fraction of sp³-hybridized carbons (Fsp3) is 0.400. The fourth-order valence-electron chi connectivity index (χ4n) is 2.67. The van der Waals surface area contributed by atoms with Crippen LogP contribution in [0.2, 0.25) is 5.02 Å². The summed E-state index contributed by atoms with van der Waals surface area (Å²) in [4.78, 5) is 12.0. The number of fused-ring (bicyclic) bond motifs is 1. The van der Waals surface area contributed by atoms with Crippen LogP contribution in [-0.4, -0.2) is 24.6 Å². The van der Waals surface area contributed by atoms with Crippen LogP contribution in [0.1, 0.15) is 19.3 Å². The molecule has 22 heavy (non-hydrogen) atoms. The Labute approximate surface area is 134 Å². The van der Waals surface area contributed by atoms with Gasteiger partial charge in [-0.15, -0.1) is 0 Å². The highest BCUT2D eigenvalue weighted by molar-refractivity contribution is 7.90. The third kappa shape index (κ3) is 3.44. The molecule has 1 saturated carbocycles. The Kier molecular flexibility index (Phi) is 4.14. The van der Waals surface area contributed by atoms with Crippen LogP contribution in [0, 0.1) is 5.92 Å². The van der Waals surface area contributed by atoms with E-state index in [-0.39, 0.29) is 18.2 Å². The minimum Gasteiger partial charge on any atom is -0.338 e. The van der Waals surface area contributed by atoms with Crippen LogP contribution in [-0.2, 0) is 21.4 Å². The van der Waals surface area contributed by atoms with Crippen LogP contribution in [0.25, 0.3) is 10.9 Å². The second kappa shape index (κ2) is 5.93. The Morgan fingerprint density at radius 3 is 2.77 bits per heavy atom. The molecule has 1 aliphatic carbocycles. The summed E-state index contributed by atoms with van der Waals surface area (Å²) in [5, 5.41) is 1.53. The molecule has 0 atom stereocenters. The second-order valence-corrected chi connectivity index (χ2v) is 7.95. The van der Waals surface area contributed by atoms with Crippen molar-refractivity contribution in [2.24, 2.45) is 5.92 Å². The van der Waals surface area contributed by atoms with E-state index in [4.69, 9.17) is 11.6 Å². The zero-order valence-electron chi connectivity index (χ0n) is 12.0. The van der Waals surface area contributed by atoms with Crippen LogP contribution in [0.5, 0.6) is 0 Å². The molecule has 3 rings (SSSR count). The summed E-state index contributed by atoms with van der Waals surface area (Å²) in [6.45, 7) is -0.0479. The summed E-state index contributed by atoms with van der Waals surface area (Å²) in [5.41, 5.74) is 0.805. The lowest BCUT2D eigenvalue weighted by molar-refractivity contribution is -0.119. The van der Waals surface area contributed by atoms with Crippen molar-refractivity contribution in [3.63, 3.8) is 0 Å². The minimum atomic E-state index is -3.54. The molecule has 118 valence electrons. The monoisotopic (exact) mass is 340 g/mol. The number of nitrogens with zero attached hydrogens (tertiary/aromatic N) is 1. The lowest BCUT2D eigenvalue weighted by Crippen LogP contribution is -2.37. The molecule has 1 heterocycles. The molecule has 1 aromatic heterocycles. The van der Waals surface area contributed by atoms with E-state index < -0.39 is 15.9 Å². The van der Waals surface area contributed by atoms with Gasteiger partial charge in [-0.2, -0.15) is 0 Å². The van der Waals surface area contributed by atoms with Crippen LogP contribution in [0.4, 0.5) is 0 Å².